The van der Waals surface area contributed by atoms with Crippen molar-refractivity contribution in [3.8, 4) is 0 Å². The summed E-state index contributed by atoms with van der Waals surface area (Å²) in [7, 11) is -2.20. The Morgan fingerprint density at radius 3 is 2.62 bits per heavy atom. The van der Waals surface area contributed by atoms with E-state index in [1.807, 2.05) is 11.8 Å². The molecule has 26 heavy (non-hydrogen) atoms. The molecule has 0 aromatic heterocycles. The van der Waals surface area contributed by atoms with Crippen LogP contribution in [0.2, 0.25) is 0 Å². The summed E-state index contributed by atoms with van der Waals surface area (Å²) >= 11 is 0. The smallest absolute Gasteiger partial charge is 0.254 e. The molecule has 8 heteroatoms. The van der Waals surface area contributed by atoms with E-state index >= 15 is 0 Å². The van der Waals surface area contributed by atoms with Crippen LogP contribution in [0.1, 0.15) is 28.8 Å². The lowest BCUT2D eigenvalue weighted by Crippen LogP contribution is -2.50. The van der Waals surface area contributed by atoms with Gasteiger partial charge in [0, 0.05) is 44.9 Å². The summed E-state index contributed by atoms with van der Waals surface area (Å²) in [4.78, 5) is 17.2. The second-order valence-electron chi connectivity index (χ2n) is 6.91. The number of nitrogens with one attached hydrogen (secondary N) is 1. The van der Waals surface area contributed by atoms with Crippen LogP contribution in [0.15, 0.2) is 23.1 Å². The Hall–Kier alpha value is -1.48. The van der Waals surface area contributed by atoms with E-state index in [0.717, 1.165) is 44.6 Å². The van der Waals surface area contributed by atoms with E-state index in [9.17, 15) is 13.2 Å². The van der Waals surface area contributed by atoms with Crippen molar-refractivity contribution in [3.63, 3.8) is 0 Å². The molecule has 2 aliphatic heterocycles. The van der Waals surface area contributed by atoms with Gasteiger partial charge in [-0.3, -0.25) is 9.69 Å². The molecule has 0 spiro atoms. The minimum atomic E-state index is -3.57. The Labute approximate surface area is 155 Å². The van der Waals surface area contributed by atoms with Crippen molar-refractivity contribution in [2.45, 2.75) is 30.8 Å². The molecule has 1 atom stereocenters. The van der Waals surface area contributed by atoms with Crippen molar-refractivity contribution < 1.29 is 17.9 Å². The first-order valence-electron chi connectivity index (χ1n) is 9.08. The zero-order valence-corrected chi connectivity index (χ0v) is 16.2. The SMILES string of the molecule is CNS(=O)(=O)c1ccc(C)c(C(=O)N2CCN(CC3CCCO3)CC2)c1. The van der Waals surface area contributed by atoms with Crippen LogP contribution in [-0.4, -0.2) is 76.6 Å². The van der Waals surface area contributed by atoms with Gasteiger partial charge >= 0.3 is 0 Å². The van der Waals surface area contributed by atoms with E-state index in [-0.39, 0.29) is 10.8 Å². The van der Waals surface area contributed by atoms with Crippen molar-refractivity contribution in [3.05, 3.63) is 29.3 Å². The highest BCUT2D eigenvalue weighted by Gasteiger charge is 2.26. The maximum atomic E-state index is 12.9. The zero-order valence-electron chi connectivity index (χ0n) is 15.4. The fourth-order valence-corrected chi connectivity index (χ4v) is 4.25. The van der Waals surface area contributed by atoms with Crippen molar-refractivity contribution in [2.24, 2.45) is 0 Å². The summed E-state index contributed by atoms with van der Waals surface area (Å²) in [5, 5.41) is 0. The number of ether oxygens (including phenoxy) is 1. The number of nitrogens with zero attached hydrogens (tertiary/aromatic N) is 2. The number of sulfonamides is 1. The zero-order chi connectivity index (χ0) is 18.7. The predicted molar refractivity (Wildman–Crippen MR) is 98.7 cm³/mol. The highest BCUT2D eigenvalue weighted by atomic mass is 32.2. The highest BCUT2D eigenvalue weighted by molar-refractivity contribution is 7.89. The summed E-state index contributed by atoms with van der Waals surface area (Å²) in [6.07, 6.45) is 2.57. The average Bonchev–Trinajstić information content (AvgIpc) is 3.15. The lowest BCUT2D eigenvalue weighted by atomic mass is 10.1. The largest absolute Gasteiger partial charge is 0.377 e. The molecule has 0 bridgehead atoms. The molecule has 3 rings (SSSR count). The number of hydrogen-bond acceptors (Lipinski definition) is 5. The van der Waals surface area contributed by atoms with Crippen LogP contribution in [0.4, 0.5) is 0 Å². The number of amides is 1. The molecule has 0 radical (unpaired) electrons. The summed E-state index contributed by atoms with van der Waals surface area (Å²) < 4.78 is 32.0. The monoisotopic (exact) mass is 381 g/mol. The number of aryl methyl sites for hydroxylation is 1. The molecular formula is C18H27N3O4S. The van der Waals surface area contributed by atoms with Gasteiger partial charge in [0.25, 0.3) is 5.91 Å². The average molecular weight is 381 g/mol. The molecule has 0 aliphatic carbocycles. The van der Waals surface area contributed by atoms with Gasteiger partial charge in [0.15, 0.2) is 0 Å². The van der Waals surface area contributed by atoms with Gasteiger partial charge < -0.3 is 9.64 Å². The van der Waals surface area contributed by atoms with Crippen LogP contribution in [0, 0.1) is 6.92 Å². The lowest BCUT2D eigenvalue weighted by Gasteiger charge is -2.36. The Bertz CT molecular complexity index is 752. The van der Waals surface area contributed by atoms with Crippen LogP contribution >= 0.6 is 0 Å². The predicted octanol–water partition coefficient (Wildman–Crippen LogP) is 0.840. The van der Waals surface area contributed by atoms with Crippen molar-refractivity contribution in [1.29, 1.82) is 0 Å². The third-order valence-electron chi connectivity index (χ3n) is 5.16. The summed E-state index contributed by atoms with van der Waals surface area (Å²) in [6.45, 7) is 6.54. The first kappa shape index (κ1) is 19.3. The molecule has 144 valence electrons. The molecule has 1 N–H and O–H groups in total. The molecule has 1 unspecified atom stereocenters. The molecule has 2 fully saturated rings. The third-order valence-corrected chi connectivity index (χ3v) is 6.58. The Balaban J connectivity index is 1.65. The van der Waals surface area contributed by atoms with E-state index in [1.54, 1.807) is 6.07 Å². The third kappa shape index (κ3) is 4.25. The first-order chi connectivity index (χ1) is 12.4. The first-order valence-corrected chi connectivity index (χ1v) is 10.6. The van der Waals surface area contributed by atoms with E-state index < -0.39 is 10.0 Å². The molecule has 1 aromatic rings. The second kappa shape index (κ2) is 8.04. The second-order valence-corrected chi connectivity index (χ2v) is 8.80. The van der Waals surface area contributed by atoms with E-state index in [2.05, 4.69) is 9.62 Å². The fourth-order valence-electron chi connectivity index (χ4n) is 3.50. The molecule has 1 amide bonds. The normalized spacial score (nSPS) is 21.9. The van der Waals surface area contributed by atoms with Gasteiger partial charge in [-0.25, -0.2) is 13.1 Å². The summed E-state index contributed by atoms with van der Waals surface area (Å²) in [5.74, 6) is -0.104. The van der Waals surface area contributed by atoms with Crippen molar-refractivity contribution >= 4 is 15.9 Å². The maximum Gasteiger partial charge on any atom is 0.254 e. The molecule has 0 saturated carbocycles. The Kier molecular flexibility index (Phi) is 5.96. The summed E-state index contributed by atoms with van der Waals surface area (Å²) in [6, 6.07) is 4.69. The molecule has 2 saturated heterocycles. The van der Waals surface area contributed by atoms with E-state index in [0.29, 0.717) is 24.8 Å². The van der Waals surface area contributed by atoms with Crippen LogP contribution < -0.4 is 4.72 Å². The van der Waals surface area contributed by atoms with Crippen LogP contribution in [-0.2, 0) is 14.8 Å². The van der Waals surface area contributed by atoms with E-state index in [1.165, 1.54) is 19.2 Å². The Morgan fingerprint density at radius 2 is 2.00 bits per heavy atom. The number of carbonyl (C=O) groups is 1. The number of benzene rings is 1. The summed E-state index contributed by atoms with van der Waals surface area (Å²) in [5.41, 5.74) is 1.24. The minimum absolute atomic E-state index is 0.104. The van der Waals surface area contributed by atoms with Gasteiger partial charge in [-0.05, 0) is 44.5 Å². The molecule has 1 aromatic carbocycles. The number of carbonyl (C=O) groups excluding carboxylic acids is 1. The lowest BCUT2D eigenvalue weighted by molar-refractivity contribution is 0.0432. The Morgan fingerprint density at radius 1 is 1.27 bits per heavy atom. The van der Waals surface area contributed by atoms with E-state index in [4.69, 9.17) is 4.74 Å². The van der Waals surface area contributed by atoms with Gasteiger partial charge in [0.1, 0.15) is 0 Å². The van der Waals surface area contributed by atoms with Crippen LogP contribution in [0.25, 0.3) is 0 Å². The van der Waals surface area contributed by atoms with Crippen LogP contribution in [0.5, 0.6) is 0 Å². The minimum Gasteiger partial charge on any atom is -0.377 e. The molecule has 2 aliphatic rings. The fraction of sp³-hybridized carbons (Fsp3) is 0.611. The van der Waals surface area contributed by atoms with Crippen LogP contribution in [0.3, 0.4) is 0 Å². The van der Waals surface area contributed by atoms with Gasteiger partial charge in [-0.15, -0.1) is 0 Å². The molecular weight excluding hydrogens is 354 g/mol. The van der Waals surface area contributed by atoms with Gasteiger partial charge in [0.05, 0.1) is 11.0 Å². The van der Waals surface area contributed by atoms with Crippen molar-refractivity contribution in [1.82, 2.24) is 14.5 Å². The highest BCUT2D eigenvalue weighted by Crippen LogP contribution is 2.19. The van der Waals surface area contributed by atoms with Gasteiger partial charge in [-0.2, -0.15) is 0 Å². The van der Waals surface area contributed by atoms with Crippen molar-refractivity contribution in [2.75, 3.05) is 46.4 Å². The number of hydrogen-bond donors (Lipinski definition) is 1. The van der Waals surface area contributed by atoms with Gasteiger partial charge in [0.2, 0.25) is 10.0 Å². The maximum absolute atomic E-state index is 12.9. The standard InChI is InChI=1S/C18H27N3O4S/c1-14-5-6-16(26(23,24)19-2)12-17(14)18(22)21-9-7-20(8-10-21)13-15-4-3-11-25-15/h5-6,12,15,19H,3-4,7-11,13H2,1-2H3. The molecule has 7 nitrogen and oxygen atoms in total. The quantitative estimate of drug-likeness (QED) is 0.818. The topological polar surface area (TPSA) is 79.0 Å². The number of rotatable bonds is 5. The molecule has 2 heterocycles. The number of piperazine rings is 1. The van der Waals surface area contributed by atoms with Gasteiger partial charge in [-0.1, -0.05) is 6.07 Å².